The molecule has 0 saturated carbocycles. The van der Waals surface area contributed by atoms with Gasteiger partial charge in [0.05, 0.1) is 32.6 Å². The zero-order valence-corrected chi connectivity index (χ0v) is 47.8. The van der Waals surface area contributed by atoms with Gasteiger partial charge in [-0.25, -0.2) is 43.6 Å². The minimum Gasteiger partial charge on any atom is -0.744 e. The number of rotatable bonds is 8. The zero-order chi connectivity index (χ0) is 42.5. The molecule has 0 saturated heterocycles. The minimum absolute atomic E-state index is 0. The Morgan fingerprint density at radius 3 is 0.953 bits per heavy atom. The van der Waals surface area contributed by atoms with E-state index >= 15 is 0 Å². The maximum absolute atomic E-state index is 12.1. The Morgan fingerprint density at radius 1 is 0.406 bits per heavy atom. The molecule has 2 aliphatic heterocycles. The molecule has 0 fully saturated rings. The summed E-state index contributed by atoms with van der Waals surface area (Å²) in [7, 11) is -19.5. The van der Waals surface area contributed by atoms with Gasteiger partial charge in [0.15, 0.2) is 0 Å². The first-order chi connectivity index (χ1) is 28.2. The number of hydrogen-bond donors (Lipinski definition) is 2. The second-order valence-corrected chi connectivity index (χ2v) is 22.8. The summed E-state index contributed by atoms with van der Waals surface area (Å²) in [4.78, 5) is 16.7. The van der Waals surface area contributed by atoms with Gasteiger partial charge in [-0.3, -0.25) is 0 Å². The Labute approximate surface area is 469 Å². The number of H-pyrrole nitrogens is 2. The molecule has 2 aliphatic rings. The molecule has 8 bridgehead atoms. The predicted octanol–water partition coefficient (Wildman–Crippen LogP) is -4.80. The average molecular weight is 1050 g/mol. The average Bonchev–Trinajstić information content (AvgIpc) is 3.98. The van der Waals surface area contributed by atoms with Crippen LogP contribution in [0.5, 0.6) is 0 Å². The molecule has 7 aromatic rings. The van der Waals surface area contributed by atoms with E-state index in [4.69, 9.17) is 9.97 Å². The standard InChI is InChI=1S/C36H22N4O12S8.4Na/c41-57(42,43)17-13-29(53-15-17)35-23-5-3-21(38-23)33(27-9-11-31(55-27)59(47,48)49)19-1-2-20(37-19)34(28-10-12-32(56-28)60(50,51)52)22-4-6-24(39-22)36(26-8-7-25(35)40-26)30-14-18(16-54-30)58(44,45)46;;;;/h1-16,38-39H,(H,41,42,43)(H,44,45,46)(H,47,48,49)(H,50,51,52);;;;/q;4*+1/p-4. The van der Waals surface area contributed by atoms with E-state index in [1.165, 1.54) is 35.0 Å². The van der Waals surface area contributed by atoms with Crippen molar-refractivity contribution in [3.63, 3.8) is 0 Å². The van der Waals surface area contributed by atoms with Crippen molar-refractivity contribution in [2.45, 2.75) is 18.2 Å². The monoisotopic (exact) mass is 1050 g/mol. The Balaban J connectivity index is 0.00000193. The Kier molecular flexibility index (Phi) is 17.0. The van der Waals surface area contributed by atoms with E-state index in [-0.39, 0.29) is 141 Å². The van der Waals surface area contributed by atoms with Crippen LogP contribution in [0.4, 0.5) is 0 Å². The number of fused-ring (bicyclic) bond motifs is 8. The van der Waals surface area contributed by atoms with Crippen LogP contribution in [0.3, 0.4) is 0 Å². The maximum atomic E-state index is 12.1. The minimum atomic E-state index is -4.87. The van der Waals surface area contributed by atoms with Crippen LogP contribution in [-0.4, -0.2) is 71.8 Å². The number of nitrogens with zero attached hydrogens (tertiary/aromatic N) is 2. The normalized spacial score (nSPS) is 12.6. The fourth-order valence-electron chi connectivity index (χ4n) is 6.58. The maximum Gasteiger partial charge on any atom is 1.00 e. The first-order valence-corrected chi connectivity index (χ1v) is 25.6. The van der Waals surface area contributed by atoms with Gasteiger partial charge in [-0.1, -0.05) is 0 Å². The molecule has 0 spiro atoms. The molecular formula is C36H18N4Na4O12S8. The van der Waals surface area contributed by atoms with Crippen LogP contribution in [0.1, 0.15) is 22.8 Å². The van der Waals surface area contributed by atoms with E-state index in [9.17, 15) is 51.9 Å². The van der Waals surface area contributed by atoms with Crippen LogP contribution in [0, 0.1) is 0 Å². The van der Waals surface area contributed by atoms with E-state index in [0.29, 0.717) is 86.5 Å². The van der Waals surface area contributed by atoms with Crippen molar-refractivity contribution in [1.29, 1.82) is 0 Å². The van der Waals surface area contributed by atoms with E-state index in [1.807, 2.05) is 0 Å². The molecule has 28 heteroatoms. The SMILES string of the molecule is O=S(=O)([O-])c1csc(-c2c3nc(c(-c4cc(S(=O)(=O)[O-])cs4)c4ccc([nH]4)c(-c4ccc(S(=O)(=O)[O-])s4)c4nc(c(-c5ccc(S(=O)(=O)[O-])s5)c5ccc2[nH]5)C=C4)C=C3)c1.[Na+].[Na+].[Na+].[Na+]. The molecule has 0 amide bonds. The summed E-state index contributed by atoms with van der Waals surface area (Å²) in [6.07, 6.45) is 6.46. The number of hydrogen-bond acceptors (Lipinski definition) is 18. The van der Waals surface area contributed by atoms with E-state index in [0.717, 1.165) is 34.8 Å². The van der Waals surface area contributed by atoms with Crippen molar-refractivity contribution in [3.8, 4) is 41.8 Å². The summed E-state index contributed by atoms with van der Waals surface area (Å²) in [6.45, 7) is 0. The summed E-state index contributed by atoms with van der Waals surface area (Å²) in [5.41, 5.74) is 3.82. The van der Waals surface area contributed by atoms with E-state index in [1.54, 1.807) is 48.6 Å². The Hall–Kier alpha value is -0.960. The van der Waals surface area contributed by atoms with Crippen molar-refractivity contribution in [1.82, 2.24) is 19.9 Å². The van der Waals surface area contributed by atoms with Gasteiger partial charge in [0.2, 0.25) is 0 Å². The van der Waals surface area contributed by atoms with Gasteiger partial charge < -0.3 is 28.2 Å². The molecule has 0 aromatic carbocycles. The third kappa shape index (κ3) is 10.8. The fourth-order valence-corrected chi connectivity index (χ4v) is 13.6. The fraction of sp³-hybridized carbons (Fsp3) is 0. The van der Waals surface area contributed by atoms with Crippen LogP contribution in [0.2, 0.25) is 0 Å². The largest absolute Gasteiger partial charge is 1.00 e. The Bertz CT molecular complexity index is 3230. The molecule has 0 atom stereocenters. The van der Waals surface area contributed by atoms with Crippen molar-refractivity contribution in [3.05, 3.63) is 94.2 Å². The molecule has 9 rings (SSSR count). The number of nitrogens with one attached hydrogen (secondary N) is 2. The van der Waals surface area contributed by atoms with Crippen LogP contribution < -0.4 is 118 Å². The topological polar surface area (TPSA) is 286 Å². The second-order valence-electron chi connectivity index (χ2n) is 12.8. The summed E-state index contributed by atoms with van der Waals surface area (Å²) in [5, 5.41) is 2.37. The summed E-state index contributed by atoms with van der Waals surface area (Å²) < 4.78 is 144. The van der Waals surface area contributed by atoms with Crippen molar-refractivity contribution in [2.75, 3.05) is 0 Å². The summed E-state index contributed by atoms with van der Waals surface area (Å²) in [5.74, 6) is 0. The van der Waals surface area contributed by atoms with Gasteiger partial charge in [-0.05, 0) is 85.0 Å². The van der Waals surface area contributed by atoms with E-state index < -0.39 is 58.7 Å². The molecule has 64 heavy (non-hydrogen) atoms. The quantitative estimate of drug-likeness (QED) is 0.107. The zero-order valence-electron chi connectivity index (χ0n) is 33.3. The van der Waals surface area contributed by atoms with Crippen molar-refractivity contribution < 1.29 is 170 Å². The number of aromatic amines is 2. The number of thiophene rings is 4. The molecule has 0 unspecified atom stereocenters. The first-order valence-electron chi connectivity index (χ1n) is 16.6. The van der Waals surface area contributed by atoms with Gasteiger partial charge >= 0.3 is 118 Å². The van der Waals surface area contributed by atoms with Crippen LogP contribution in [-0.2, 0) is 40.5 Å². The van der Waals surface area contributed by atoms with Crippen molar-refractivity contribution in [2.24, 2.45) is 0 Å². The summed E-state index contributed by atoms with van der Waals surface area (Å²) >= 11 is 3.30. The second kappa shape index (κ2) is 20.2. The smallest absolute Gasteiger partial charge is 0.744 e. The third-order valence-electron chi connectivity index (χ3n) is 9.12. The van der Waals surface area contributed by atoms with Gasteiger partial charge in [0.1, 0.15) is 48.9 Å². The molecule has 9 heterocycles. The van der Waals surface area contributed by atoms with Crippen LogP contribution in [0.25, 0.3) is 88.1 Å². The number of aromatic nitrogens is 4. The molecule has 306 valence electrons. The van der Waals surface area contributed by atoms with Gasteiger partial charge in [-0.2, -0.15) is 0 Å². The predicted molar refractivity (Wildman–Crippen MR) is 224 cm³/mol. The molecule has 2 N–H and O–H groups in total. The third-order valence-corrected chi connectivity index (χ3v) is 17.7. The molecule has 0 radical (unpaired) electrons. The first kappa shape index (κ1) is 54.0. The van der Waals surface area contributed by atoms with Gasteiger partial charge in [-0.15, -0.1) is 45.3 Å². The molecule has 0 aliphatic carbocycles. The molecule has 16 nitrogen and oxygen atoms in total. The van der Waals surface area contributed by atoms with Crippen molar-refractivity contribution >= 4 is 132 Å². The van der Waals surface area contributed by atoms with Crippen LogP contribution >= 0.6 is 45.3 Å². The van der Waals surface area contributed by atoms with Crippen LogP contribution in [0.15, 0.2) is 89.6 Å². The van der Waals surface area contributed by atoms with E-state index in [2.05, 4.69) is 9.97 Å². The summed E-state index contributed by atoms with van der Waals surface area (Å²) in [6, 6.07) is 14.2. The molecular weight excluding hydrogens is 1030 g/mol. The van der Waals surface area contributed by atoms with Gasteiger partial charge in [0, 0.05) is 74.6 Å². The Morgan fingerprint density at radius 2 is 0.703 bits per heavy atom. The molecule has 7 aromatic heterocycles. The van der Waals surface area contributed by atoms with Gasteiger partial charge in [0.25, 0.3) is 0 Å².